The maximum Gasteiger partial charge on any atom is 0.337 e. The first-order chi connectivity index (χ1) is 9.49. The first kappa shape index (κ1) is 15.7. The third kappa shape index (κ3) is 4.08. The zero-order valence-corrected chi connectivity index (χ0v) is 11.2. The van der Waals surface area contributed by atoms with Gasteiger partial charge in [-0.3, -0.25) is 0 Å². The summed E-state index contributed by atoms with van der Waals surface area (Å²) in [5, 5.41) is 11.4. The third-order valence-electron chi connectivity index (χ3n) is 2.58. The molecule has 0 aliphatic heterocycles. The number of carboxylic acid groups (broad SMARTS) is 1. The predicted octanol–water partition coefficient (Wildman–Crippen LogP) is 2.95. The van der Waals surface area contributed by atoms with Gasteiger partial charge >= 0.3 is 12.0 Å². The van der Waals surface area contributed by atoms with Crippen LogP contribution in [0.15, 0.2) is 30.9 Å². The summed E-state index contributed by atoms with van der Waals surface area (Å²) in [5.74, 6) is -1.85. The Morgan fingerprint density at radius 2 is 2.20 bits per heavy atom. The summed E-state index contributed by atoms with van der Waals surface area (Å²) in [6.45, 7) is 6.29. The fourth-order valence-electron chi connectivity index (χ4n) is 1.70. The van der Waals surface area contributed by atoms with E-state index in [0.717, 1.165) is 24.6 Å². The Hall–Kier alpha value is -2.37. The molecule has 0 aliphatic carbocycles. The number of halogens is 1. The first-order valence-corrected chi connectivity index (χ1v) is 6.19. The van der Waals surface area contributed by atoms with E-state index in [1.165, 1.54) is 4.90 Å². The Labute approximate surface area is 116 Å². The molecule has 1 aromatic carbocycles. The van der Waals surface area contributed by atoms with E-state index in [9.17, 15) is 14.0 Å². The number of hydrogen-bond donors (Lipinski definition) is 2. The average Bonchev–Trinajstić information content (AvgIpc) is 2.38. The van der Waals surface area contributed by atoms with Crippen molar-refractivity contribution in [2.45, 2.75) is 13.3 Å². The Kier molecular flexibility index (Phi) is 5.71. The molecule has 20 heavy (non-hydrogen) atoms. The van der Waals surface area contributed by atoms with Crippen molar-refractivity contribution in [3.05, 3.63) is 42.2 Å². The fraction of sp³-hybridized carbons (Fsp3) is 0.286. The standard InChI is InChI=1S/C14H17FN2O3/c1-3-7-17(8-4-2)14(20)16-12-9-10(15)5-6-11(12)13(18)19/h3,5-6,9H,1,4,7-8H2,2H3,(H,16,20)(H,18,19). The lowest BCUT2D eigenvalue weighted by Crippen LogP contribution is -2.36. The van der Waals surface area contributed by atoms with Crippen LogP contribution in [0.2, 0.25) is 0 Å². The zero-order valence-electron chi connectivity index (χ0n) is 11.2. The van der Waals surface area contributed by atoms with Crippen molar-refractivity contribution < 1.29 is 19.1 Å². The maximum absolute atomic E-state index is 13.2. The zero-order chi connectivity index (χ0) is 15.1. The van der Waals surface area contributed by atoms with Crippen LogP contribution >= 0.6 is 0 Å². The second kappa shape index (κ2) is 7.28. The van der Waals surface area contributed by atoms with Crippen LogP contribution in [0.4, 0.5) is 14.9 Å². The molecule has 1 rings (SSSR count). The highest BCUT2D eigenvalue weighted by molar-refractivity contribution is 6.00. The summed E-state index contributed by atoms with van der Waals surface area (Å²) in [7, 11) is 0. The fourth-order valence-corrected chi connectivity index (χ4v) is 1.70. The number of aromatic carboxylic acids is 1. The van der Waals surface area contributed by atoms with Gasteiger partial charge in [0.1, 0.15) is 5.82 Å². The molecule has 108 valence electrons. The van der Waals surface area contributed by atoms with E-state index in [-0.39, 0.29) is 11.3 Å². The molecule has 0 aliphatic rings. The molecule has 0 aromatic heterocycles. The number of amides is 2. The summed E-state index contributed by atoms with van der Waals surface area (Å²) >= 11 is 0. The van der Waals surface area contributed by atoms with Crippen molar-refractivity contribution in [3.63, 3.8) is 0 Å². The highest BCUT2D eigenvalue weighted by Crippen LogP contribution is 2.18. The summed E-state index contributed by atoms with van der Waals surface area (Å²) in [6, 6.07) is 2.65. The second-order valence-electron chi connectivity index (χ2n) is 4.16. The number of urea groups is 1. The lowest BCUT2D eigenvalue weighted by molar-refractivity contribution is 0.0698. The number of hydrogen-bond acceptors (Lipinski definition) is 2. The molecule has 0 saturated carbocycles. The van der Waals surface area contributed by atoms with Crippen LogP contribution in [0, 0.1) is 5.82 Å². The van der Waals surface area contributed by atoms with Crippen LogP contribution in [0.25, 0.3) is 0 Å². The molecule has 0 radical (unpaired) electrons. The topological polar surface area (TPSA) is 69.6 Å². The normalized spacial score (nSPS) is 9.90. The molecular formula is C14H17FN2O3. The number of carbonyl (C=O) groups is 2. The highest BCUT2D eigenvalue weighted by Gasteiger charge is 2.16. The number of anilines is 1. The molecule has 2 amide bonds. The lowest BCUT2D eigenvalue weighted by atomic mass is 10.1. The van der Waals surface area contributed by atoms with Crippen molar-refractivity contribution in [2.24, 2.45) is 0 Å². The molecule has 1 aromatic rings. The number of carbonyl (C=O) groups excluding carboxylic acids is 1. The van der Waals surface area contributed by atoms with Crippen molar-refractivity contribution in [2.75, 3.05) is 18.4 Å². The molecule has 2 N–H and O–H groups in total. The number of benzene rings is 1. The van der Waals surface area contributed by atoms with Crippen molar-refractivity contribution in [1.29, 1.82) is 0 Å². The minimum Gasteiger partial charge on any atom is -0.478 e. The van der Waals surface area contributed by atoms with Gasteiger partial charge in [-0.1, -0.05) is 13.0 Å². The van der Waals surface area contributed by atoms with Crippen LogP contribution < -0.4 is 5.32 Å². The van der Waals surface area contributed by atoms with Gasteiger partial charge in [-0.15, -0.1) is 6.58 Å². The molecule has 0 spiro atoms. The number of nitrogens with one attached hydrogen (secondary N) is 1. The van der Waals surface area contributed by atoms with Crippen molar-refractivity contribution in [1.82, 2.24) is 4.90 Å². The molecular weight excluding hydrogens is 263 g/mol. The highest BCUT2D eigenvalue weighted by atomic mass is 19.1. The van der Waals surface area contributed by atoms with E-state index < -0.39 is 17.8 Å². The maximum atomic E-state index is 13.2. The number of carboxylic acids is 1. The van der Waals surface area contributed by atoms with Gasteiger partial charge in [-0.2, -0.15) is 0 Å². The molecule has 0 unspecified atom stereocenters. The molecule has 0 heterocycles. The van der Waals surface area contributed by atoms with E-state index in [4.69, 9.17) is 5.11 Å². The Balaban J connectivity index is 2.96. The molecule has 0 saturated heterocycles. The second-order valence-corrected chi connectivity index (χ2v) is 4.16. The van der Waals surface area contributed by atoms with Gasteiger partial charge in [-0.25, -0.2) is 14.0 Å². The smallest absolute Gasteiger partial charge is 0.337 e. The Morgan fingerprint density at radius 1 is 1.50 bits per heavy atom. The van der Waals surface area contributed by atoms with Crippen LogP contribution in [-0.4, -0.2) is 35.1 Å². The van der Waals surface area contributed by atoms with Gasteiger partial charge in [0.05, 0.1) is 11.3 Å². The summed E-state index contributed by atoms with van der Waals surface area (Å²) in [6.07, 6.45) is 2.31. The third-order valence-corrected chi connectivity index (χ3v) is 2.58. The number of nitrogens with zero attached hydrogens (tertiary/aromatic N) is 1. The van der Waals surface area contributed by atoms with Crippen LogP contribution in [0.1, 0.15) is 23.7 Å². The minimum absolute atomic E-state index is 0.0623. The van der Waals surface area contributed by atoms with E-state index in [0.29, 0.717) is 13.1 Å². The van der Waals surface area contributed by atoms with Crippen LogP contribution in [0.3, 0.4) is 0 Å². The van der Waals surface area contributed by atoms with Gasteiger partial charge in [0.15, 0.2) is 0 Å². The van der Waals surface area contributed by atoms with Gasteiger partial charge in [0.2, 0.25) is 0 Å². The summed E-state index contributed by atoms with van der Waals surface area (Å²) in [4.78, 5) is 24.5. The van der Waals surface area contributed by atoms with E-state index in [2.05, 4.69) is 11.9 Å². The lowest BCUT2D eigenvalue weighted by Gasteiger charge is -2.21. The van der Waals surface area contributed by atoms with Crippen molar-refractivity contribution in [3.8, 4) is 0 Å². The van der Waals surface area contributed by atoms with Gasteiger partial charge in [0.25, 0.3) is 0 Å². The predicted molar refractivity (Wildman–Crippen MR) is 74.4 cm³/mol. The SMILES string of the molecule is C=CCN(CCC)C(=O)Nc1cc(F)ccc1C(=O)O. The average molecular weight is 280 g/mol. The number of rotatable bonds is 6. The van der Waals surface area contributed by atoms with Crippen LogP contribution in [0.5, 0.6) is 0 Å². The molecule has 5 nitrogen and oxygen atoms in total. The molecule has 0 bridgehead atoms. The Bertz CT molecular complexity index is 517. The quantitative estimate of drug-likeness (QED) is 0.787. The Morgan fingerprint density at radius 3 is 2.75 bits per heavy atom. The van der Waals surface area contributed by atoms with Gasteiger partial charge in [0, 0.05) is 13.1 Å². The first-order valence-electron chi connectivity index (χ1n) is 6.19. The summed E-state index contributed by atoms with van der Waals surface area (Å²) < 4.78 is 13.2. The van der Waals surface area contributed by atoms with E-state index in [1.54, 1.807) is 6.08 Å². The van der Waals surface area contributed by atoms with Crippen molar-refractivity contribution >= 4 is 17.7 Å². The van der Waals surface area contributed by atoms with E-state index in [1.807, 2.05) is 6.92 Å². The minimum atomic E-state index is -1.23. The van der Waals surface area contributed by atoms with E-state index >= 15 is 0 Å². The van der Waals surface area contributed by atoms with Gasteiger partial charge in [-0.05, 0) is 24.6 Å². The molecule has 6 heteroatoms. The largest absolute Gasteiger partial charge is 0.478 e. The summed E-state index contributed by atoms with van der Waals surface area (Å²) in [5.41, 5.74) is -0.220. The molecule has 0 atom stereocenters. The van der Waals surface area contributed by atoms with Gasteiger partial charge < -0.3 is 15.3 Å². The van der Waals surface area contributed by atoms with Crippen LogP contribution in [-0.2, 0) is 0 Å². The monoisotopic (exact) mass is 280 g/mol. The molecule has 0 fully saturated rings.